The first-order valence-corrected chi connectivity index (χ1v) is 5.62. The van der Waals surface area contributed by atoms with Gasteiger partial charge in [-0.05, 0) is 42.7 Å². The van der Waals surface area contributed by atoms with E-state index < -0.39 is 0 Å². The fraction of sp³-hybridized carbons (Fsp3) is 0.308. The molecule has 0 radical (unpaired) electrons. The van der Waals surface area contributed by atoms with Gasteiger partial charge < -0.3 is 9.84 Å². The van der Waals surface area contributed by atoms with E-state index in [1.54, 1.807) is 7.11 Å². The van der Waals surface area contributed by atoms with Gasteiger partial charge >= 0.3 is 0 Å². The first-order valence-electron chi connectivity index (χ1n) is 5.62. The number of hydrogen-bond donors (Lipinski definition) is 1. The van der Waals surface area contributed by atoms with Crippen LogP contribution in [-0.2, 0) is 6.42 Å². The van der Waals surface area contributed by atoms with Gasteiger partial charge in [0.2, 0.25) is 0 Å². The highest BCUT2D eigenvalue weighted by atomic mass is 16.5. The highest BCUT2D eigenvalue weighted by Crippen LogP contribution is 2.15. The summed E-state index contributed by atoms with van der Waals surface area (Å²) in [6.45, 7) is 0.216. The minimum atomic E-state index is 0.216. The lowest BCUT2D eigenvalue weighted by Crippen LogP contribution is -1.94. The van der Waals surface area contributed by atoms with Crippen LogP contribution in [0.25, 0.3) is 5.69 Å². The first kappa shape index (κ1) is 11.7. The van der Waals surface area contributed by atoms with Crippen molar-refractivity contribution in [3.63, 3.8) is 0 Å². The highest BCUT2D eigenvalue weighted by molar-refractivity contribution is 5.37. The molecule has 0 aliphatic carbocycles. The summed E-state index contributed by atoms with van der Waals surface area (Å²) < 4.78 is 6.93. The number of methoxy groups -OCH3 is 1. The molecule has 1 aromatic carbocycles. The Bertz CT molecular complexity index is 463. The topological polar surface area (TPSA) is 47.3 Å². The van der Waals surface area contributed by atoms with E-state index in [0.717, 1.165) is 29.8 Å². The number of aromatic nitrogens is 2. The van der Waals surface area contributed by atoms with Crippen LogP contribution in [0.4, 0.5) is 0 Å². The Morgan fingerprint density at radius 3 is 2.71 bits per heavy atom. The van der Waals surface area contributed by atoms with Crippen LogP contribution in [0.3, 0.4) is 0 Å². The molecular weight excluding hydrogens is 216 g/mol. The van der Waals surface area contributed by atoms with Crippen LogP contribution in [0, 0.1) is 0 Å². The van der Waals surface area contributed by atoms with Crippen LogP contribution in [0.1, 0.15) is 12.0 Å². The predicted molar refractivity (Wildman–Crippen MR) is 65.5 cm³/mol. The van der Waals surface area contributed by atoms with Gasteiger partial charge in [-0.15, -0.1) is 0 Å². The Hall–Kier alpha value is -1.81. The van der Waals surface area contributed by atoms with Gasteiger partial charge in [0.15, 0.2) is 0 Å². The molecule has 1 aromatic heterocycles. The lowest BCUT2D eigenvalue weighted by Gasteiger charge is -2.02. The minimum Gasteiger partial charge on any atom is -0.497 e. The van der Waals surface area contributed by atoms with Gasteiger partial charge in [0.25, 0.3) is 0 Å². The van der Waals surface area contributed by atoms with Crippen LogP contribution < -0.4 is 4.74 Å². The Kier molecular flexibility index (Phi) is 3.77. The first-order chi connectivity index (χ1) is 8.33. The van der Waals surface area contributed by atoms with Crippen molar-refractivity contribution < 1.29 is 9.84 Å². The van der Waals surface area contributed by atoms with E-state index >= 15 is 0 Å². The molecule has 2 rings (SSSR count). The van der Waals surface area contributed by atoms with E-state index in [1.165, 1.54) is 0 Å². The summed E-state index contributed by atoms with van der Waals surface area (Å²) in [5.41, 5.74) is 2.14. The third-order valence-electron chi connectivity index (χ3n) is 2.60. The smallest absolute Gasteiger partial charge is 0.119 e. The highest BCUT2D eigenvalue weighted by Gasteiger charge is 2.01. The second kappa shape index (κ2) is 5.50. The van der Waals surface area contributed by atoms with Crippen LogP contribution in [0.5, 0.6) is 5.75 Å². The molecule has 1 heterocycles. The third kappa shape index (κ3) is 2.85. The van der Waals surface area contributed by atoms with Gasteiger partial charge in [-0.2, -0.15) is 5.10 Å². The average Bonchev–Trinajstić information content (AvgIpc) is 2.85. The van der Waals surface area contributed by atoms with Crippen molar-refractivity contribution in [2.45, 2.75) is 12.8 Å². The number of ether oxygens (including phenoxy) is 1. The van der Waals surface area contributed by atoms with Gasteiger partial charge in [0.05, 0.1) is 19.0 Å². The van der Waals surface area contributed by atoms with Gasteiger partial charge in [0, 0.05) is 12.8 Å². The molecule has 4 heteroatoms. The molecule has 0 bridgehead atoms. The normalized spacial score (nSPS) is 10.5. The van der Waals surface area contributed by atoms with Crippen LogP contribution in [0.15, 0.2) is 36.7 Å². The van der Waals surface area contributed by atoms with Crippen molar-refractivity contribution in [3.8, 4) is 11.4 Å². The summed E-state index contributed by atoms with van der Waals surface area (Å²) in [4.78, 5) is 0. The number of nitrogens with zero attached hydrogens (tertiary/aromatic N) is 2. The largest absolute Gasteiger partial charge is 0.497 e. The predicted octanol–water partition coefficient (Wildman–Crippen LogP) is 1.81. The van der Waals surface area contributed by atoms with Gasteiger partial charge in [-0.1, -0.05) is 0 Å². The molecule has 0 unspecified atom stereocenters. The maximum absolute atomic E-state index is 8.77. The number of aliphatic hydroxyl groups is 1. The molecule has 0 aliphatic rings. The van der Waals surface area contributed by atoms with Crippen LogP contribution >= 0.6 is 0 Å². The van der Waals surface area contributed by atoms with E-state index in [-0.39, 0.29) is 6.61 Å². The monoisotopic (exact) mass is 232 g/mol. The van der Waals surface area contributed by atoms with Crippen molar-refractivity contribution in [1.29, 1.82) is 0 Å². The van der Waals surface area contributed by atoms with Gasteiger partial charge in [-0.3, -0.25) is 0 Å². The van der Waals surface area contributed by atoms with Crippen molar-refractivity contribution in [3.05, 3.63) is 42.2 Å². The second-order valence-electron chi connectivity index (χ2n) is 3.82. The standard InChI is InChI=1S/C13H16N2O2/c1-17-13-6-4-12(5-7-13)15-10-11(9-14-15)3-2-8-16/h4-7,9-10,16H,2-3,8H2,1H3. The summed E-state index contributed by atoms with van der Waals surface area (Å²) in [5.74, 6) is 0.835. The average molecular weight is 232 g/mol. The number of aliphatic hydroxyl groups excluding tert-OH is 1. The summed E-state index contributed by atoms with van der Waals surface area (Å²) in [5, 5.41) is 13.1. The molecular formula is C13H16N2O2. The maximum Gasteiger partial charge on any atom is 0.119 e. The summed E-state index contributed by atoms with van der Waals surface area (Å²) in [7, 11) is 1.65. The number of benzene rings is 1. The fourth-order valence-corrected chi connectivity index (χ4v) is 1.65. The van der Waals surface area contributed by atoms with Crippen LogP contribution in [-0.4, -0.2) is 28.6 Å². The summed E-state index contributed by atoms with van der Waals surface area (Å²) in [6, 6.07) is 7.73. The molecule has 4 nitrogen and oxygen atoms in total. The molecule has 0 atom stereocenters. The van der Waals surface area contributed by atoms with Crippen molar-refractivity contribution in [2.24, 2.45) is 0 Å². The van der Waals surface area contributed by atoms with E-state index in [4.69, 9.17) is 9.84 Å². The molecule has 1 N–H and O–H groups in total. The fourth-order valence-electron chi connectivity index (χ4n) is 1.65. The quantitative estimate of drug-likeness (QED) is 0.855. The molecule has 0 amide bonds. The van der Waals surface area contributed by atoms with Crippen molar-refractivity contribution in [2.75, 3.05) is 13.7 Å². The van der Waals surface area contributed by atoms with Gasteiger partial charge in [-0.25, -0.2) is 4.68 Å². The minimum absolute atomic E-state index is 0.216. The zero-order chi connectivity index (χ0) is 12.1. The van der Waals surface area contributed by atoms with Gasteiger partial charge in [0.1, 0.15) is 5.75 Å². The molecule has 0 saturated carbocycles. The maximum atomic E-state index is 8.77. The molecule has 2 aromatic rings. The molecule has 0 spiro atoms. The zero-order valence-corrected chi connectivity index (χ0v) is 9.84. The Labute approximate surface area is 100 Å². The molecule has 90 valence electrons. The van der Waals surface area contributed by atoms with Crippen molar-refractivity contribution >= 4 is 0 Å². The Morgan fingerprint density at radius 1 is 1.29 bits per heavy atom. The second-order valence-corrected chi connectivity index (χ2v) is 3.82. The van der Waals surface area contributed by atoms with Crippen LogP contribution in [0.2, 0.25) is 0 Å². The lowest BCUT2D eigenvalue weighted by atomic mass is 10.2. The SMILES string of the molecule is COc1ccc(-n2cc(CCCO)cn2)cc1. The molecule has 0 aliphatic heterocycles. The van der Waals surface area contributed by atoms with E-state index in [0.29, 0.717) is 0 Å². The molecule has 17 heavy (non-hydrogen) atoms. The van der Waals surface area contributed by atoms with Crippen molar-refractivity contribution in [1.82, 2.24) is 9.78 Å². The number of aryl methyl sites for hydroxylation is 1. The number of hydrogen-bond acceptors (Lipinski definition) is 3. The van der Waals surface area contributed by atoms with E-state index in [9.17, 15) is 0 Å². The molecule has 0 saturated heterocycles. The third-order valence-corrected chi connectivity index (χ3v) is 2.60. The lowest BCUT2D eigenvalue weighted by molar-refractivity contribution is 0.288. The Balaban J connectivity index is 2.12. The van der Waals surface area contributed by atoms with E-state index in [1.807, 2.05) is 41.3 Å². The summed E-state index contributed by atoms with van der Waals surface area (Å²) >= 11 is 0. The zero-order valence-electron chi connectivity index (χ0n) is 9.84. The number of rotatable bonds is 5. The summed E-state index contributed by atoms with van der Waals surface area (Å²) in [6.07, 6.45) is 5.44. The molecule has 0 fully saturated rings. The Morgan fingerprint density at radius 2 is 2.06 bits per heavy atom. The van der Waals surface area contributed by atoms with E-state index in [2.05, 4.69) is 5.10 Å².